The van der Waals surface area contributed by atoms with Crippen LogP contribution in [0.4, 0.5) is 5.82 Å². The van der Waals surface area contributed by atoms with Gasteiger partial charge in [0.15, 0.2) is 5.82 Å². The first-order valence-corrected chi connectivity index (χ1v) is 5.85. The maximum absolute atomic E-state index is 12.0. The normalized spacial score (nSPS) is 10.7. The van der Waals surface area contributed by atoms with Crippen molar-refractivity contribution in [2.24, 2.45) is 0 Å². The van der Waals surface area contributed by atoms with Crippen molar-refractivity contribution < 1.29 is 4.79 Å². The molecule has 0 saturated carbocycles. The minimum absolute atomic E-state index is 0.178. The van der Waals surface area contributed by atoms with Crippen molar-refractivity contribution in [1.82, 2.24) is 15.2 Å². The molecule has 0 radical (unpaired) electrons. The van der Waals surface area contributed by atoms with Crippen molar-refractivity contribution in [3.63, 3.8) is 0 Å². The summed E-state index contributed by atoms with van der Waals surface area (Å²) >= 11 is 0. The number of rotatable bonds is 3. The van der Waals surface area contributed by atoms with Gasteiger partial charge in [-0.3, -0.25) is 14.9 Å². The van der Waals surface area contributed by atoms with E-state index in [1.165, 1.54) is 0 Å². The summed E-state index contributed by atoms with van der Waals surface area (Å²) in [5, 5.41) is 9.70. The number of carbonyl (C=O) groups is 1. The van der Waals surface area contributed by atoms with Gasteiger partial charge in [0.05, 0.1) is 0 Å². The van der Waals surface area contributed by atoms with Gasteiger partial charge in [-0.1, -0.05) is 13.8 Å². The molecule has 0 fully saturated rings. The number of carbonyl (C=O) groups excluding carboxylic acids is 1. The molecule has 2 aromatic rings. The molecule has 0 spiro atoms. The molecule has 94 valence electrons. The van der Waals surface area contributed by atoms with Crippen molar-refractivity contribution >= 4 is 11.7 Å². The van der Waals surface area contributed by atoms with Crippen LogP contribution in [0.1, 0.15) is 41.5 Å². The van der Waals surface area contributed by atoms with Crippen molar-refractivity contribution in [2.75, 3.05) is 5.32 Å². The van der Waals surface area contributed by atoms with Gasteiger partial charge < -0.3 is 5.32 Å². The Hall–Kier alpha value is -2.17. The van der Waals surface area contributed by atoms with Crippen LogP contribution in [0.3, 0.4) is 0 Å². The largest absolute Gasteiger partial charge is 0.305 e. The second-order valence-corrected chi connectivity index (χ2v) is 4.50. The van der Waals surface area contributed by atoms with E-state index in [0.29, 0.717) is 17.3 Å². The maximum atomic E-state index is 12.0. The Morgan fingerprint density at radius 1 is 1.39 bits per heavy atom. The van der Waals surface area contributed by atoms with Gasteiger partial charge in [-0.2, -0.15) is 5.10 Å². The number of nitrogens with one attached hydrogen (secondary N) is 2. The van der Waals surface area contributed by atoms with Crippen LogP contribution in [-0.2, 0) is 0 Å². The number of pyridine rings is 1. The van der Waals surface area contributed by atoms with E-state index in [-0.39, 0.29) is 5.91 Å². The second-order valence-electron chi connectivity index (χ2n) is 4.50. The van der Waals surface area contributed by atoms with Gasteiger partial charge in [-0.25, -0.2) is 0 Å². The number of hydrogen-bond acceptors (Lipinski definition) is 3. The lowest BCUT2D eigenvalue weighted by atomic mass is 10.1. The summed E-state index contributed by atoms with van der Waals surface area (Å²) in [6, 6.07) is 5.26. The van der Waals surface area contributed by atoms with E-state index in [2.05, 4.69) is 34.3 Å². The summed E-state index contributed by atoms with van der Waals surface area (Å²) in [5.41, 5.74) is 2.39. The van der Waals surface area contributed by atoms with Gasteiger partial charge in [0.2, 0.25) is 0 Å². The lowest BCUT2D eigenvalue weighted by Crippen LogP contribution is -2.12. The number of aromatic nitrogens is 3. The fourth-order valence-corrected chi connectivity index (χ4v) is 1.57. The Morgan fingerprint density at radius 2 is 2.17 bits per heavy atom. The van der Waals surface area contributed by atoms with E-state index in [1.807, 2.05) is 13.0 Å². The molecule has 2 heterocycles. The molecule has 0 unspecified atom stereocenters. The molecule has 0 aliphatic carbocycles. The lowest BCUT2D eigenvalue weighted by Gasteiger charge is -2.02. The van der Waals surface area contributed by atoms with Gasteiger partial charge in [0.25, 0.3) is 5.91 Å². The zero-order chi connectivity index (χ0) is 13.1. The molecule has 1 amide bonds. The first-order valence-electron chi connectivity index (χ1n) is 5.85. The lowest BCUT2D eigenvalue weighted by molar-refractivity contribution is 0.102. The Balaban J connectivity index is 2.11. The molecule has 0 atom stereocenters. The number of H-pyrrole nitrogens is 1. The molecule has 2 aromatic heterocycles. The number of nitrogens with zero attached hydrogens (tertiary/aromatic N) is 2. The third-order valence-corrected chi connectivity index (χ3v) is 2.62. The van der Waals surface area contributed by atoms with Crippen LogP contribution in [0.15, 0.2) is 24.4 Å². The molecule has 5 heteroatoms. The Kier molecular flexibility index (Phi) is 3.41. The number of hydrogen-bond donors (Lipinski definition) is 2. The van der Waals surface area contributed by atoms with Crippen LogP contribution in [0.25, 0.3) is 0 Å². The van der Waals surface area contributed by atoms with E-state index in [1.54, 1.807) is 18.3 Å². The second kappa shape index (κ2) is 5.00. The topological polar surface area (TPSA) is 70.7 Å². The van der Waals surface area contributed by atoms with Crippen molar-refractivity contribution in [2.45, 2.75) is 26.7 Å². The summed E-state index contributed by atoms with van der Waals surface area (Å²) in [4.78, 5) is 16.0. The number of aromatic amines is 1. The van der Waals surface area contributed by atoms with Gasteiger partial charge in [-0.05, 0) is 25.0 Å². The van der Waals surface area contributed by atoms with Crippen molar-refractivity contribution in [1.29, 1.82) is 0 Å². The predicted molar refractivity (Wildman–Crippen MR) is 69.6 cm³/mol. The van der Waals surface area contributed by atoms with E-state index < -0.39 is 0 Å². The highest BCUT2D eigenvalue weighted by Gasteiger charge is 2.10. The van der Waals surface area contributed by atoms with Crippen LogP contribution in [-0.4, -0.2) is 21.1 Å². The van der Waals surface area contributed by atoms with Crippen molar-refractivity contribution in [3.8, 4) is 0 Å². The third-order valence-electron chi connectivity index (χ3n) is 2.62. The highest BCUT2D eigenvalue weighted by Crippen LogP contribution is 2.15. The number of anilines is 1. The molecule has 2 N–H and O–H groups in total. The Bertz CT molecular complexity index is 560. The molecular weight excluding hydrogens is 228 g/mol. The summed E-state index contributed by atoms with van der Waals surface area (Å²) in [6.07, 6.45) is 1.62. The fraction of sp³-hybridized carbons (Fsp3) is 0.308. The zero-order valence-electron chi connectivity index (χ0n) is 10.7. The molecule has 0 aliphatic heterocycles. The Labute approximate surface area is 106 Å². The van der Waals surface area contributed by atoms with Crippen LogP contribution >= 0.6 is 0 Å². The molecule has 0 bridgehead atoms. The van der Waals surface area contributed by atoms with Crippen LogP contribution in [0.2, 0.25) is 0 Å². The highest BCUT2D eigenvalue weighted by molar-refractivity contribution is 6.03. The molecule has 0 saturated heterocycles. The number of aryl methyl sites for hydroxylation is 1. The molecule has 18 heavy (non-hydrogen) atoms. The maximum Gasteiger partial charge on any atom is 0.256 e. The Morgan fingerprint density at radius 3 is 2.78 bits per heavy atom. The van der Waals surface area contributed by atoms with Crippen LogP contribution in [0, 0.1) is 6.92 Å². The van der Waals surface area contributed by atoms with Gasteiger partial charge >= 0.3 is 0 Å². The molecule has 0 aliphatic rings. The van der Waals surface area contributed by atoms with Crippen molar-refractivity contribution in [3.05, 3.63) is 41.3 Å². The monoisotopic (exact) mass is 244 g/mol. The average Bonchev–Trinajstić information content (AvgIpc) is 2.77. The first kappa shape index (κ1) is 12.3. The molecule has 2 rings (SSSR count). The van der Waals surface area contributed by atoms with Gasteiger partial charge in [0.1, 0.15) is 0 Å². The van der Waals surface area contributed by atoms with Gasteiger partial charge in [0, 0.05) is 29.2 Å². The quantitative estimate of drug-likeness (QED) is 0.871. The van der Waals surface area contributed by atoms with E-state index in [9.17, 15) is 4.79 Å². The molecule has 0 aromatic carbocycles. The van der Waals surface area contributed by atoms with E-state index in [4.69, 9.17) is 0 Å². The van der Waals surface area contributed by atoms with E-state index >= 15 is 0 Å². The van der Waals surface area contributed by atoms with Crippen LogP contribution < -0.4 is 5.32 Å². The first-order chi connectivity index (χ1) is 8.56. The fourth-order valence-electron chi connectivity index (χ4n) is 1.57. The SMILES string of the molecule is Cc1cc(C(=O)Nc2cc(C(C)C)[nH]n2)ccn1. The minimum Gasteiger partial charge on any atom is -0.305 e. The summed E-state index contributed by atoms with van der Waals surface area (Å²) in [5.74, 6) is 0.715. The van der Waals surface area contributed by atoms with Gasteiger partial charge in [-0.15, -0.1) is 0 Å². The third kappa shape index (κ3) is 2.74. The standard InChI is InChI=1S/C13H16N4O/c1-8(2)11-7-12(17-16-11)15-13(18)10-4-5-14-9(3)6-10/h4-8H,1-3H3,(H2,15,16,17,18). The summed E-state index contributed by atoms with van der Waals surface area (Å²) in [6.45, 7) is 5.97. The molecular formula is C13H16N4O. The smallest absolute Gasteiger partial charge is 0.256 e. The van der Waals surface area contributed by atoms with Crippen LogP contribution in [0.5, 0.6) is 0 Å². The van der Waals surface area contributed by atoms with E-state index in [0.717, 1.165) is 11.4 Å². The summed E-state index contributed by atoms with van der Waals surface area (Å²) in [7, 11) is 0. The minimum atomic E-state index is -0.178. The number of amides is 1. The summed E-state index contributed by atoms with van der Waals surface area (Å²) < 4.78 is 0. The molecule has 5 nitrogen and oxygen atoms in total. The highest BCUT2D eigenvalue weighted by atomic mass is 16.1. The zero-order valence-corrected chi connectivity index (χ0v) is 10.7. The predicted octanol–water partition coefficient (Wildman–Crippen LogP) is 2.49. The average molecular weight is 244 g/mol.